The Morgan fingerprint density at radius 1 is 1.26 bits per heavy atom. The molecule has 0 bridgehead atoms. The molecule has 0 spiro atoms. The lowest BCUT2D eigenvalue weighted by Gasteiger charge is -2.23. The van der Waals surface area contributed by atoms with Crippen LogP contribution in [0.2, 0.25) is 5.15 Å². The molecule has 1 saturated carbocycles. The zero-order valence-corrected chi connectivity index (χ0v) is 11.6. The molecular formula is C13H19ClN4O. The van der Waals surface area contributed by atoms with Crippen LogP contribution in [0.3, 0.4) is 0 Å². The number of nitrogens with zero attached hydrogens (tertiary/aromatic N) is 2. The summed E-state index contributed by atoms with van der Waals surface area (Å²) in [4.78, 5) is 8.74. The van der Waals surface area contributed by atoms with Crippen LogP contribution < -0.4 is 11.1 Å². The van der Waals surface area contributed by atoms with Gasteiger partial charge in [-0.05, 0) is 32.1 Å². The maximum absolute atomic E-state index is 6.06. The first-order valence-corrected chi connectivity index (χ1v) is 7.30. The van der Waals surface area contributed by atoms with Crippen LogP contribution in [0.25, 0.3) is 0 Å². The van der Waals surface area contributed by atoms with Crippen LogP contribution in [0.4, 0.5) is 11.5 Å². The highest BCUT2D eigenvalue weighted by Gasteiger charge is 2.28. The van der Waals surface area contributed by atoms with E-state index in [9.17, 15) is 0 Å². The summed E-state index contributed by atoms with van der Waals surface area (Å²) in [6.45, 7) is 1.57. The van der Waals surface area contributed by atoms with Gasteiger partial charge in [-0.1, -0.05) is 11.6 Å². The maximum Gasteiger partial charge on any atom is 0.157 e. The highest BCUT2D eigenvalue weighted by atomic mass is 35.5. The number of nitrogens with two attached hydrogens (primary N) is 1. The van der Waals surface area contributed by atoms with Crippen LogP contribution in [0, 0.1) is 0 Å². The minimum atomic E-state index is 0.242. The average molecular weight is 283 g/mol. The third kappa shape index (κ3) is 3.09. The van der Waals surface area contributed by atoms with Crippen LogP contribution in [-0.4, -0.2) is 29.2 Å². The lowest BCUT2D eigenvalue weighted by molar-refractivity contribution is 0.0247. The SMILES string of the molecule is Nc1c(Cl)nc(C2CC2)nc1NCC1CCCCO1. The number of hydrogen-bond acceptors (Lipinski definition) is 5. The molecule has 1 aromatic rings. The number of hydrogen-bond donors (Lipinski definition) is 2. The van der Waals surface area contributed by atoms with E-state index in [1.807, 2.05) is 0 Å². The van der Waals surface area contributed by atoms with Crippen molar-refractivity contribution in [3.63, 3.8) is 0 Å². The molecule has 1 aliphatic heterocycles. The van der Waals surface area contributed by atoms with Crippen LogP contribution in [0.1, 0.15) is 43.8 Å². The van der Waals surface area contributed by atoms with Gasteiger partial charge in [0.1, 0.15) is 11.5 Å². The van der Waals surface area contributed by atoms with Crippen molar-refractivity contribution in [3.05, 3.63) is 11.0 Å². The molecule has 2 aliphatic rings. The minimum Gasteiger partial charge on any atom is -0.393 e. The fourth-order valence-corrected chi connectivity index (χ4v) is 2.47. The van der Waals surface area contributed by atoms with Gasteiger partial charge in [0.2, 0.25) is 0 Å². The Morgan fingerprint density at radius 2 is 2.11 bits per heavy atom. The summed E-state index contributed by atoms with van der Waals surface area (Å²) in [5.74, 6) is 1.92. The lowest BCUT2D eigenvalue weighted by atomic mass is 10.1. The Labute approximate surface area is 117 Å². The van der Waals surface area contributed by atoms with E-state index >= 15 is 0 Å². The number of nitrogen functional groups attached to an aromatic ring is 1. The Hall–Kier alpha value is -1.07. The fraction of sp³-hybridized carbons (Fsp3) is 0.692. The molecule has 1 unspecified atom stereocenters. The van der Waals surface area contributed by atoms with E-state index in [2.05, 4.69) is 15.3 Å². The number of halogens is 1. The third-order valence-electron chi connectivity index (χ3n) is 3.63. The van der Waals surface area contributed by atoms with Crippen LogP contribution in [-0.2, 0) is 4.74 Å². The van der Waals surface area contributed by atoms with Gasteiger partial charge in [-0.2, -0.15) is 0 Å². The van der Waals surface area contributed by atoms with E-state index in [0.29, 0.717) is 22.6 Å². The normalized spacial score (nSPS) is 23.3. The number of nitrogens with one attached hydrogen (secondary N) is 1. The van der Waals surface area contributed by atoms with E-state index in [-0.39, 0.29) is 6.10 Å². The molecular weight excluding hydrogens is 264 g/mol. The first kappa shape index (κ1) is 12.9. The van der Waals surface area contributed by atoms with Crippen molar-refractivity contribution in [2.24, 2.45) is 0 Å². The fourth-order valence-electron chi connectivity index (χ4n) is 2.30. The molecule has 3 N–H and O–H groups in total. The van der Waals surface area contributed by atoms with E-state index < -0.39 is 0 Å². The molecule has 0 radical (unpaired) electrons. The van der Waals surface area contributed by atoms with Crippen molar-refractivity contribution in [1.29, 1.82) is 0 Å². The molecule has 104 valence electrons. The molecule has 1 saturated heterocycles. The van der Waals surface area contributed by atoms with Gasteiger partial charge in [-0.25, -0.2) is 9.97 Å². The van der Waals surface area contributed by atoms with E-state index in [4.69, 9.17) is 22.1 Å². The quantitative estimate of drug-likeness (QED) is 0.831. The Morgan fingerprint density at radius 3 is 2.79 bits per heavy atom. The molecule has 19 heavy (non-hydrogen) atoms. The molecule has 1 atom stereocenters. The molecule has 1 aliphatic carbocycles. The second kappa shape index (κ2) is 5.51. The molecule has 5 nitrogen and oxygen atoms in total. The standard InChI is InChI=1S/C13H19ClN4O/c14-11-10(15)13(18-12(17-11)8-4-5-8)16-7-9-3-1-2-6-19-9/h8-9H,1-7,15H2,(H,16,17,18). The van der Waals surface area contributed by atoms with Crippen LogP contribution in [0.15, 0.2) is 0 Å². The summed E-state index contributed by atoms with van der Waals surface area (Å²) < 4.78 is 5.68. The summed E-state index contributed by atoms with van der Waals surface area (Å²) in [6, 6.07) is 0. The van der Waals surface area contributed by atoms with Crippen molar-refractivity contribution < 1.29 is 4.74 Å². The number of anilines is 2. The molecule has 1 aromatic heterocycles. The second-order valence-electron chi connectivity index (χ2n) is 5.28. The Bertz CT molecular complexity index is 458. The van der Waals surface area contributed by atoms with Crippen LogP contribution >= 0.6 is 11.6 Å². The Balaban J connectivity index is 1.68. The number of ether oxygens (including phenoxy) is 1. The van der Waals surface area contributed by atoms with E-state index in [1.54, 1.807) is 0 Å². The Kier molecular flexibility index (Phi) is 3.75. The first-order valence-electron chi connectivity index (χ1n) is 6.92. The predicted octanol–water partition coefficient (Wildman–Crippen LogP) is 2.57. The smallest absolute Gasteiger partial charge is 0.157 e. The molecule has 2 heterocycles. The van der Waals surface area contributed by atoms with Gasteiger partial charge in [0, 0.05) is 19.1 Å². The van der Waals surface area contributed by atoms with E-state index in [0.717, 1.165) is 44.7 Å². The van der Waals surface area contributed by atoms with Gasteiger partial charge in [0.05, 0.1) is 6.10 Å². The summed E-state index contributed by atoms with van der Waals surface area (Å²) >= 11 is 6.06. The number of aromatic nitrogens is 2. The van der Waals surface area contributed by atoms with Gasteiger partial charge >= 0.3 is 0 Å². The largest absolute Gasteiger partial charge is 0.393 e. The summed E-state index contributed by atoms with van der Waals surface area (Å²) in [5.41, 5.74) is 6.36. The monoisotopic (exact) mass is 282 g/mol. The average Bonchev–Trinajstić information content (AvgIpc) is 3.26. The van der Waals surface area contributed by atoms with Crippen molar-refractivity contribution in [2.75, 3.05) is 24.2 Å². The van der Waals surface area contributed by atoms with Gasteiger partial charge in [-0.15, -0.1) is 0 Å². The molecule has 6 heteroatoms. The topological polar surface area (TPSA) is 73.1 Å². The van der Waals surface area contributed by atoms with Crippen LogP contribution in [0.5, 0.6) is 0 Å². The lowest BCUT2D eigenvalue weighted by Crippen LogP contribution is -2.27. The highest BCUT2D eigenvalue weighted by molar-refractivity contribution is 6.32. The second-order valence-corrected chi connectivity index (χ2v) is 5.64. The third-order valence-corrected chi connectivity index (χ3v) is 3.92. The van der Waals surface area contributed by atoms with Crippen molar-refractivity contribution in [3.8, 4) is 0 Å². The zero-order valence-electron chi connectivity index (χ0n) is 10.9. The molecule has 0 amide bonds. The van der Waals surface area contributed by atoms with Gasteiger partial charge < -0.3 is 15.8 Å². The zero-order chi connectivity index (χ0) is 13.2. The van der Waals surface area contributed by atoms with Crippen molar-refractivity contribution in [1.82, 2.24) is 9.97 Å². The van der Waals surface area contributed by atoms with Gasteiger partial charge in [0.15, 0.2) is 11.0 Å². The highest BCUT2D eigenvalue weighted by Crippen LogP contribution is 2.40. The molecule has 3 rings (SSSR count). The first-order chi connectivity index (χ1) is 9.24. The molecule has 0 aromatic carbocycles. The predicted molar refractivity (Wildman–Crippen MR) is 75.5 cm³/mol. The number of rotatable bonds is 4. The molecule has 2 fully saturated rings. The summed E-state index contributed by atoms with van der Waals surface area (Å²) in [5, 5.41) is 3.61. The minimum absolute atomic E-state index is 0.242. The summed E-state index contributed by atoms with van der Waals surface area (Å²) in [6.07, 6.45) is 5.99. The maximum atomic E-state index is 6.06. The van der Waals surface area contributed by atoms with Crippen molar-refractivity contribution in [2.45, 2.75) is 44.1 Å². The van der Waals surface area contributed by atoms with Gasteiger partial charge in [0.25, 0.3) is 0 Å². The van der Waals surface area contributed by atoms with E-state index in [1.165, 1.54) is 6.42 Å². The van der Waals surface area contributed by atoms with Crippen molar-refractivity contribution >= 4 is 23.1 Å². The summed E-state index contributed by atoms with van der Waals surface area (Å²) in [7, 11) is 0. The van der Waals surface area contributed by atoms with Gasteiger partial charge in [-0.3, -0.25) is 0 Å².